The Balaban J connectivity index is 1.89. The number of nitro groups is 2. The summed E-state index contributed by atoms with van der Waals surface area (Å²) < 4.78 is 0.861. The van der Waals surface area contributed by atoms with Gasteiger partial charge in [-0.15, -0.1) is 0 Å². The minimum absolute atomic E-state index is 0.140. The zero-order valence-corrected chi connectivity index (χ0v) is 16.7. The number of nitrogens with one attached hydrogen (secondary N) is 1. The van der Waals surface area contributed by atoms with E-state index >= 15 is 0 Å². The summed E-state index contributed by atoms with van der Waals surface area (Å²) in [6.07, 6.45) is 0. The number of ketones is 1. The van der Waals surface area contributed by atoms with Gasteiger partial charge < -0.3 is 15.4 Å². The molecule has 1 aromatic heterocycles. The lowest BCUT2D eigenvalue weighted by Crippen LogP contribution is -2.22. The first kappa shape index (κ1) is 21.6. The number of hydrogen-bond acceptors (Lipinski definition) is 7. The molecule has 0 aliphatic heterocycles. The van der Waals surface area contributed by atoms with Crippen LogP contribution in [0, 0.1) is 27.2 Å². The number of anilines is 1. The highest BCUT2D eigenvalue weighted by molar-refractivity contribution is 6.31. The minimum Gasteiger partial charge on any atom is -0.358 e. The molecule has 11 nitrogen and oxygen atoms in total. The first-order valence-electron chi connectivity index (χ1n) is 8.74. The summed E-state index contributed by atoms with van der Waals surface area (Å²) in [4.78, 5) is 45.6. The highest BCUT2D eigenvalue weighted by atomic mass is 35.5. The Morgan fingerprint density at radius 2 is 1.77 bits per heavy atom. The van der Waals surface area contributed by atoms with Gasteiger partial charge in [0.1, 0.15) is 12.2 Å². The van der Waals surface area contributed by atoms with Crippen LogP contribution in [0.25, 0.3) is 0 Å². The van der Waals surface area contributed by atoms with Crippen LogP contribution in [-0.4, -0.2) is 31.3 Å². The Hall–Kier alpha value is -4.12. The lowest BCUT2D eigenvalue weighted by molar-refractivity contribution is -0.424. The van der Waals surface area contributed by atoms with Crippen molar-refractivity contribution in [1.29, 1.82) is 0 Å². The Labute approximate surface area is 179 Å². The summed E-state index contributed by atoms with van der Waals surface area (Å²) >= 11 is 6.01. The maximum absolute atomic E-state index is 12.8. The molecular formula is C19H14ClN5O6. The summed E-state index contributed by atoms with van der Waals surface area (Å²) in [5.41, 5.74) is -0.250. The molecule has 1 N–H and O–H groups in total. The molecular weight excluding hydrogens is 430 g/mol. The quantitative estimate of drug-likeness (QED) is 0.333. The molecule has 0 bridgehead atoms. The second-order valence-electron chi connectivity index (χ2n) is 6.36. The number of benzene rings is 2. The van der Waals surface area contributed by atoms with Crippen LogP contribution in [0.1, 0.15) is 21.6 Å². The third-order valence-electron chi connectivity index (χ3n) is 4.34. The zero-order valence-electron chi connectivity index (χ0n) is 15.9. The Kier molecular flexibility index (Phi) is 6.07. The zero-order chi connectivity index (χ0) is 22.7. The van der Waals surface area contributed by atoms with Crippen molar-refractivity contribution in [2.75, 3.05) is 5.32 Å². The maximum Gasteiger partial charge on any atom is 0.468 e. The summed E-state index contributed by atoms with van der Waals surface area (Å²) in [6.45, 7) is 0.709. The van der Waals surface area contributed by atoms with Gasteiger partial charge in [-0.25, -0.2) is 0 Å². The largest absolute Gasteiger partial charge is 0.468 e. The van der Waals surface area contributed by atoms with Crippen molar-refractivity contribution in [3.8, 4) is 0 Å². The third-order valence-corrected chi connectivity index (χ3v) is 4.58. The topological polar surface area (TPSA) is 150 Å². The number of nitrogens with zero attached hydrogens (tertiary/aromatic N) is 4. The van der Waals surface area contributed by atoms with Crippen LogP contribution in [0.4, 0.5) is 17.2 Å². The van der Waals surface area contributed by atoms with Gasteiger partial charge in [0.15, 0.2) is 5.78 Å². The second kappa shape index (κ2) is 8.71. The smallest absolute Gasteiger partial charge is 0.358 e. The van der Waals surface area contributed by atoms with Crippen LogP contribution >= 0.6 is 11.6 Å². The molecule has 1 heterocycles. The van der Waals surface area contributed by atoms with Gasteiger partial charge in [-0.2, -0.15) is 4.68 Å². The molecule has 0 fully saturated rings. The molecule has 1 amide bonds. The van der Waals surface area contributed by atoms with Crippen LogP contribution in [0.5, 0.6) is 0 Å². The molecule has 0 saturated heterocycles. The molecule has 0 saturated carbocycles. The summed E-state index contributed by atoms with van der Waals surface area (Å²) in [5, 5.41) is 28.5. The normalized spacial score (nSPS) is 10.5. The van der Waals surface area contributed by atoms with E-state index in [1.165, 1.54) is 25.1 Å². The molecule has 0 aliphatic carbocycles. The van der Waals surface area contributed by atoms with Gasteiger partial charge in [0.25, 0.3) is 0 Å². The molecule has 3 rings (SSSR count). The van der Waals surface area contributed by atoms with Crippen molar-refractivity contribution in [2.24, 2.45) is 0 Å². The van der Waals surface area contributed by atoms with Crippen molar-refractivity contribution < 1.29 is 19.4 Å². The molecule has 0 atom stereocenters. The molecule has 0 aliphatic rings. The minimum atomic E-state index is -0.991. The highest BCUT2D eigenvalue weighted by Crippen LogP contribution is 2.29. The van der Waals surface area contributed by atoms with Crippen LogP contribution < -0.4 is 5.32 Å². The van der Waals surface area contributed by atoms with Crippen molar-refractivity contribution in [3.63, 3.8) is 0 Å². The van der Waals surface area contributed by atoms with E-state index in [-0.39, 0.29) is 27.8 Å². The molecule has 158 valence electrons. The third kappa shape index (κ3) is 4.56. The van der Waals surface area contributed by atoms with E-state index in [0.717, 1.165) is 4.68 Å². The highest BCUT2D eigenvalue weighted by Gasteiger charge is 2.35. The van der Waals surface area contributed by atoms with Crippen molar-refractivity contribution in [2.45, 2.75) is 13.5 Å². The van der Waals surface area contributed by atoms with Gasteiger partial charge in [0.2, 0.25) is 5.91 Å². The number of aromatic nitrogens is 2. The molecule has 0 unspecified atom stereocenters. The summed E-state index contributed by atoms with van der Waals surface area (Å²) in [5.74, 6) is -2.03. The van der Waals surface area contributed by atoms with E-state index in [1.807, 2.05) is 0 Å². The maximum atomic E-state index is 12.8. The van der Waals surface area contributed by atoms with Gasteiger partial charge in [-0.3, -0.25) is 19.7 Å². The molecule has 0 radical (unpaired) electrons. The lowest BCUT2D eigenvalue weighted by atomic mass is 10.0. The van der Waals surface area contributed by atoms with E-state index in [2.05, 4.69) is 10.4 Å². The lowest BCUT2D eigenvalue weighted by Gasteiger charge is -2.11. The van der Waals surface area contributed by atoms with Crippen LogP contribution in [0.15, 0.2) is 48.5 Å². The number of carbonyl (C=O) groups excluding carboxylic acids is 2. The Morgan fingerprint density at radius 1 is 1.10 bits per heavy atom. The first-order valence-corrected chi connectivity index (χ1v) is 9.12. The SMILES string of the molecule is Cc1c([N+](=O)[O-])c([N+](=O)[O-])nn1CC(=O)Nc1ccc(Cl)cc1C(=O)c1ccccc1. The first-order chi connectivity index (χ1) is 14.7. The average molecular weight is 444 g/mol. The fourth-order valence-electron chi connectivity index (χ4n) is 2.90. The monoisotopic (exact) mass is 443 g/mol. The standard InChI is InChI=1S/C19H14ClN5O6/c1-11-17(24(28)29)19(25(30)31)22-23(11)10-16(26)21-15-8-7-13(20)9-14(15)18(27)12-5-3-2-4-6-12/h2-9H,10H2,1H3,(H,21,26). The van der Waals surface area contributed by atoms with Gasteiger partial charge in [-0.1, -0.05) is 41.9 Å². The number of rotatable bonds is 7. The van der Waals surface area contributed by atoms with Gasteiger partial charge >= 0.3 is 11.5 Å². The van der Waals surface area contributed by atoms with Crippen molar-refractivity contribution >= 4 is 40.5 Å². The van der Waals surface area contributed by atoms with E-state index in [0.29, 0.717) is 5.56 Å². The second-order valence-corrected chi connectivity index (χ2v) is 6.80. The number of halogens is 1. The van der Waals surface area contributed by atoms with Crippen molar-refractivity contribution in [3.05, 3.63) is 90.6 Å². The Bertz CT molecular complexity index is 1210. The predicted molar refractivity (Wildman–Crippen MR) is 110 cm³/mol. The number of amides is 1. The van der Waals surface area contributed by atoms with Gasteiger partial charge in [0, 0.05) is 16.1 Å². The molecule has 31 heavy (non-hydrogen) atoms. The van der Waals surface area contributed by atoms with Crippen LogP contribution in [0.2, 0.25) is 5.02 Å². The molecule has 12 heteroatoms. The summed E-state index contributed by atoms with van der Waals surface area (Å²) in [7, 11) is 0. The van der Waals surface area contributed by atoms with Crippen LogP contribution in [-0.2, 0) is 11.3 Å². The fourth-order valence-corrected chi connectivity index (χ4v) is 3.07. The van der Waals surface area contributed by atoms with E-state index in [1.54, 1.807) is 30.3 Å². The molecule has 2 aromatic carbocycles. The Morgan fingerprint density at radius 3 is 2.35 bits per heavy atom. The van der Waals surface area contributed by atoms with E-state index in [9.17, 15) is 29.8 Å². The van der Waals surface area contributed by atoms with Crippen LogP contribution in [0.3, 0.4) is 0 Å². The fraction of sp³-hybridized carbons (Fsp3) is 0.105. The van der Waals surface area contributed by atoms with Gasteiger partial charge in [-0.05, 0) is 30.0 Å². The molecule has 0 spiro atoms. The number of hydrogen-bond donors (Lipinski definition) is 1. The predicted octanol–water partition coefficient (Wildman–Crippen LogP) is 3.53. The molecule has 3 aromatic rings. The number of carbonyl (C=O) groups is 2. The van der Waals surface area contributed by atoms with E-state index in [4.69, 9.17) is 11.6 Å². The van der Waals surface area contributed by atoms with Crippen molar-refractivity contribution in [1.82, 2.24) is 9.78 Å². The van der Waals surface area contributed by atoms with Gasteiger partial charge in [0.05, 0.1) is 15.7 Å². The summed E-state index contributed by atoms with van der Waals surface area (Å²) in [6, 6.07) is 12.7. The van der Waals surface area contributed by atoms with E-state index < -0.39 is 33.8 Å². The average Bonchev–Trinajstić information content (AvgIpc) is 3.06.